The molecule has 4 rings (SSSR count). The third kappa shape index (κ3) is 2.28. The van der Waals surface area contributed by atoms with E-state index in [1.165, 1.54) is 36.6 Å². The van der Waals surface area contributed by atoms with Gasteiger partial charge in [-0.05, 0) is 73.4 Å². The number of fused-ring (bicyclic) bond motifs is 3. The molecule has 21 heavy (non-hydrogen) atoms. The van der Waals surface area contributed by atoms with Crippen molar-refractivity contribution in [2.75, 3.05) is 20.6 Å². The van der Waals surface area contributed by atoms with Crippen LogP contribution in [0.15, 0.2) is 42.5 Å². The molecule has 0 N–H and O–H groups in total. The predicted octanol–water partition coefficient (Wildman–Crippen LogP) is 4.53. The molecule has 0 spiro atoms. The van der Waals surface area contributed by atoms with Gasteiger partial charge in [-0.3, -0.25) is 0 Å². The Hall–Kier alpha value is -1.34. The molecule has 0 amide bonds. The molecule has 1 heteroatoms. The van der Waals surface area contributed by atoms with E-state index < -0.39 is 0 Å². The van der Waals surface area contributed by atoms with Gasteiger partial charge in [0.1, 0.15) is 0 Å². The van der Waals surface area contributed by atoms with E-state index in [0.29, 0.717) is 0 Å². The van der Waals surface area contributed by atoms with Crippen molar-refractivity contribution in [3.05, 3.63) is 48.0 Å². The zero-order chi connectivity index (χ0) is 14.4. The maximum atomic E-state index is 2.46. The molecule has 0 saturated heterocycles. The van der Waals surface area contributed by atoms with Crippen molar-refractivity contribution in [3.8, 4) is 0 Å². The highest BCUT2D eigenvalue weighted by Gasteiger charge is 2.47. The van der Waals surface area contributed by atoms with E-state index in [1.54, 1.807) is 5.56 Å². The topological polar surface area (TPSA) is 3.24 Å². The van der Waals surface area contributed by atoms with E-state index in [4.69, 9.17) is 0 Å². The zero-order valence-corrected chi connectivity index (χ0v) is 13.1. The first kappa shape index (κ1) is 13.3. The van der Waals surface area contributed by atoms with Crippen molar-refractivity contribution in [2.24, 2.45) is 17.8 Å². The van der Waals surface area contributed by atoms with Gasteiger partial charge in [0.15, 0.2) is 0 Å². The minimum Gasteiger partial charge on any atom is -0.309 e. The monoisotopic (exact) mass is 279 g/mol. The fourth-order valence-electron chi connectivity index (χ4n) is 5.03. The van der Waals surface area contributed by atoms with Gasteiger partial charge in [0.05, 0.1) is 0 Å². The molecular weight excluding hydrogens is 254 g/mol. The van der Waals surface area contributed by atoms with Crippen molar-refractivity contribution >= 4 is 10.8 Å². The zero-order valence-electron chi connectivity index (χ0n) is 13.1. The van der Waals surface area contributed by atoms with Crippen LogP contribution >= 0.6 is 0 Å². The number of rotatable bonds is 3. The lowest BCUT2D eigenvalue weighted by Crippen LogP contribution is -2.30. The van der Waals surface area contributed by atoms with Gasteiger partial charge in [-0.15, -0.1) is 0 Å². The Morgan fingerprint density at radius 1 is 0.952 bits per heavy atom. The first-order valence-electron chi connectivity index (χ1n) is 8.36. The van der Waals surface area contributed by atoms with Crippen LogP contribution in [0.1, 0.15) is 30.7 Å². The summed E-state index contributed by atoms with van der Waals surface area (Å²) in [5.74, 6) is 3.55. The van der Waals surface area contributed by atoms with Crippen LogP contribution in [-0.4, -0.2) is 25.5 Å². The van der Waals surface area contributed by atoms with Crippen LogP contribution < -0.4 is 0 Å². The van der Waals surface area contributed by atoms with Gasteiger partial charge in [0.25, 0.3) is 0 Å². The van der Waals surface area contributed by atoms with Gasteiger partial charge >= 0.3 is 0 Å². The average Bonchev–Trinajstić information content (AvgIpc) is 3.07. The van der Waals surface area contributed by atoms with Gasteiger partial charge < -0.3 is 4.90 Å². The smallest absolute Gasteiger partial charge is 0.00122 e. The maximum absolute atomic E-state index is 2.46. The maximum Gasteiger partial charge on any atom is 0.00122 e. The number of benzene rings is 2. The molecule has 2 fully saturated rings. The lowest BCUT2D eigenvalue weighted by atomic mass is 9.75. The van der Waals surface area contributed by atoms with Crippen molar-refractivity contribution in [1.82, 2.24) is 4.90 Å². The Morgan fingerprint density at radius 3 is 2.52 bits per heavy atom. The minimum absolute atomic E-state index is 0.788. The largest absolute Gasteiger partial charge is 0.309 e. The molecule has 2 aromatic rings. The van der Waals surface area contributed by atoms with Crippen LogP contribution in [0.3, 0.4) is 0 Å². The minimum atomic E-state index is 0.788. The predicted molar refractivity (Wildman–Crippen MR) is 89.6 cm³/mol. The summed E-state index contributed by atoms with van der Waals surface area (Å²) in [5.41, 5.74) is 1.59. The quantitative estimate of drug-likeness (QED) is 0.798. The van der Waals surface area contributed by atoms with E-state index in [9.17, 15) is 0 Å². The van der Waals surface area contributed by atoms with Gasteiger partial charge in [0, 0.05) is 6.54 Å². The summed E-state index contributed by atoms with van der Waals surface area (Å²) in [4.78, 5) is 2.39. The number of hydrogen-bond acceptors (Lipinski definition) is 1. The molecule has 2 bridgehead atoms. The lowest BCUT2D eigenvalue weighted by molar-refractivity contribution is 0.219. The molecule has 4 atom stereocenters. The van der Waals surface area contributed by atoms with E-state index >= 15 is 0 Å². The molecule has 0 aliphatic heterocycles. The van der Waals surface area contributed by atoms with Crippen LogP contribution in [-0.2, 0) is 0 Å². The highest BCUT2D eigenvalue weighted by Crippen LogP contribution is 2.56. The Morgan fingerprint density at radius 2 is 1.71 bits per heavy atom. The van der Waals surface area contributed by atoms with E-state index in [0.717, 1.165) is 23.7 Å². The highest BCUT2D eigenvalue weighted by atomic mass is 15.1. The summed E-state index contributed by atoms with van der Waals surface area (Å²) in [6.45, 7) is 1.25. The third-order valence-electron chi connectivity index (χ3n) is 5.82. The van der Waals surface area contributed by atoms with Crippen LogP contribution in [0.5, 0.6) is 0 Å². The summed E-state index contributed by atoms with van der Waals surface area (Å²) in [6.07, 6.45) is 4.38. The first-order chi connectivity index (χ1) is 10.2. The normalized spacial score (nSPS) is 31.4. The van der Waals surface area contributed by atoms with Crippen LogP contribution in [0, 0.1) is 17.8 Å². The van der Waals surface area contributed by atoms with E-state index in [-0.39, 0.29) is 0 Å². The fourth-order valence-corrected chi connectivity index (χ4v) is 5.03. The molecule has 0 radical (unpaired) electrons. The summed E-state index contributed by atoms with van der Waals surface area (Å²) in [5, 5.41) is 2.77. The molecule has 2 saturated carbocycles. The van der Waals surface area contributed by atoms with Crippen molar-refractivity contribution in [2.45, 2.75) is 25.2 Å². The molecule has 0 unspecified atom stereocenters. The van der Waals surface area contributed by atoms with E-state index in [1.807, 2.05) is 0 Å². The highest BCUT2D eigenvalue weighted by molar-refractivity contribution is 5.83. The average molecular weight is 279 g/mol. The molecule has 0 aromatic heterocycles. The van der Waals surface area contributed by atoms with Crippen LogP contribution in [0.4, 0.5) is 0 Å². The van der Waals surface area contributed by atoms with Crippen LogP contribution in [0.25, 0.3) is 10.8 Å². The summed E-state index contributed by atoms with van der Waals surface area (Å²) >= 11 is 0. The molecule has 2 aliphatic carbocycles. The van der Waals surface area contributed by atoms with Gasteiger partial charge in [-0.2, -0.15) is 0 Å². The van der Waals surface area contributed by atoms with Gasteiger partial charge in [0.2, 0.25) is 0 Å². The Balaban J connectivity index is 1.71. The molecule has 1 nitrogen and oxygen atoms in total. The third-order valence-corrected chi connectivity index (χ3v) is 5.82. The molecule has 110 valence electrons. The summed E-state index contributed by atoms with van der Waals surface area (Å²) < 4.78 is 0. The first-order valence-corrected chi connectivity index (χ1v) is 8.36. The summed E-state index contributed by atoms with van der Waals surface area (Å²) in [7, 11) is 4.45. The second-order valence-corrected chi connectivity index (χ2v) is 7.39. The number of hydrogen-bond donors (Lipinski definition) is 0. The van der Waals surface area contributed by atoms with Gasteiger partial charge in [-0.1, -0.05) is 42.5 Å². The molecule has 0 heterocycles. The standard InChI is InChI=1S/C20H25N/c1-21(2)13-19-16-8-10-18(12-16)20(19)17-9-7-14-5-3-4-6-15(14)11-17/h3-7,9,11,16,18-20H,8,10,12-13H2,1-2H3/t16-,18-,19-,20-/m0/s1. The Labute approximate surface area is 128 Å². The summed E-state index contributed by atoms with van der Waals surface area (Å²) in [6, 6.07) is 16.0. The Kier molecular flexibility index (Phi) is 3.26. The van der Waals surface area contributed by atoms with E-state index in [2.05, 4.69) is 61.5 Å². The SMILES string of the molecule is CN(C)C[C@H]1[C@H]2CC[C@@H](C2)[C@@H]1c1ccc2ccccc2c1. The van der Waals surface area contributed by atoms with Gasteiger partial charge in [-0.25, -0.2) is 0 Å². The Bertz CT molecular complexity index is 645. The number of nitrogens with zero attached hydrogens (tertiary/aromatic N) is 1. The van der Waals surface area contributed by atoms with Crippen molar-refractivity contribution in [1.29, 1.82) is 0 Å². The molecular formula is C20H25N. The lowest BCUT2D eigenvalue weighted by Gasteiger charge is -2.33. The second kappa shape index (κ2) is 5.14. The van der Waals surface area contributed by atoms with Crippen molar-refractivity contribution in [3.63, 3.8) is 0 Å². The van der Waals surface area contributed by atoms with Crippen molar-refractivity contribution < 1.29 is 0 Å². The molecule has 2 aliphatic rings. The molecule has 2 aromatic carbocycles. The van der Waals surface area contributed by atoms with Crippen LogP contribution in [0.2, 0.25) is 0 Å². The second-order valence-electron chi connectivity index (χ2n) is 7.39. The fraction of sp³-hybridized carbons (Fsp3) is 0.500.